The van der Waals surface area contributed by atoms with Gasteiger partial charge >= 0.3 is 6.18 Å². The van der Waals surface area contributed by atoms with Crippen molar-refractivity contribution in [2.75, 3.05) is 15.9 Å². The Morgan fingerprint density at radius 1 is 1.17 bits per heavy atom. The first-order chi connectivity index (χ1) is 13.3. The number of nitro groups is 1. The molecule has 2 aromatic rings. The van der Waals surface area contributed by atoms with Crippen LogP contribution in [-0.2, 0) is 21.0 Å². The summed E-state index contributed by atoms with van der Waals surface area (Å²) in [6.45, 7) is 1.25. The zero-order chi connectivity index (χ0) is 22.0. The van der Waals surface area contributed by atoms with E-state index in [1.54, 1.807) is 0 Å². The molecule has 12 heteroatoms. The fourth-order valence-electron chi connectivity index (χ4n) is 2.54. The third-order valence-corrected chi connectivity index (χ3v) is 5.10. The smallest absolute Gasteiger partial charge is 0.324 e. The van der Waals surface area contributed by atoms with Crippen LogP contribution in [0.2, 0.25) is 0 Å². The topological polar surface area (TPSA) is 110 Å². The molecule has 1 N–H and O–H groups in total. The summed E-state index contributed by atoms with van der Waals surface area (Å²) in [6, 6.07) is 7.00. The first-order valence-corrected chi connectivity index (χ1v) is 9.87. The number of non-ortho nitro benzene ring substituents is 1. The lowest BCUT2D eigenvalue weighted by molar-refractivity contribution is -0.384. The van der Waals surface area contributed by atoms with Crippen LogP contribution >= 0.6 is 0 Å². The largest absolute Gasteiger partial charge is 0.416 e. The quantitative estimate of drug-likeness (QED) is 0.557. The molecule has 8 nitrogen and oxygen atoms in total. The molecule has 0 unspecified atom stereocenters. The van der Waals surface area contributed by atoms with Gasteiger partial charge in [0.15, 0.2) is 0 Å². The molecule has 0 radical (unpaired) electrons. The number of anilines is 2. The number of hydrogen-bond donors (Lipinski definition) is 1. The van der Waals surface area contributed by atoms with E-state index in [1.165, 1.54) is 19.1 Å². The normalized spacial score (nSPS) is 12.9. The summed E-state index contributed by atoms with van der Waals surface area (Å²) in [6.07, 6.45) is -3.71. The monoisotopic (exact) mass is 431 g/mol. The summed E-state index contributed by atoms with van der Waals surface area (Å²) >= 11 is 0. The van der Waals surface area contributed by atoms with Crippen molar-refractivity contribution in [3.63, 3.8) is 0 Å². The molecule has 0 spiro atoms. The number of carbonyl (C=O) groups excluding carboxylic acids is 1. The number of nitrogens with zero attached hydrogens (tertiary/aromatic N) is 2. The van der Waals surface area contributed by atoms with Crippen LogP contribution in [0.25, 0.3) is 0 Å². The van der Waals surface area contributed by atoms with Gasteiger partial charge in [-0.15, -0.1) is 0 Å². The molecule has 156 valence electrons. The zero-order valence-electron chi connectivity index (χ0n) is 15.2. The second-order valence-electron chi connectivity index (χ2n) is 6.08. The van der Waals surface area contributed by atoms with Gasteiger partial charge in [-0.1, -0.05) is 6.07 Å². The van der Waals surface area contributed by atoms with Crippen molar-refractivity contribution in [3.8, 4) is 0 Å². The van der Waals surface area contributed by atoms with Crippen LogP contribution in [0.5, 0.6) is 0 Å². The van der Waals surface area contributed by atoms with Crippen molar-refractivity contribution in [1.29, 1.82) is 0 Å². The highest BCUT2D eigenvalue weighted by molar-refractivity contribution is 7.92. The molecule has 0 aliphatic carbocycles. The molecule has 0 fully saturated rings. The van der Waals surface area contributed by atoms with Crippen molar-refractivity contribution in [3.05, 3.63) is 64.2 Å². The second-order valence-corrected chi connectivity index (χ2v) is 7.94. The highest BCUT2D eigenvalue weighted by atomic mass is 32.2. The van der Waals surface area contributed by atoms with E-state index in [9.17, 15) is 36.5 Å². The number of halogens is 3. The lowest BCUT2D eigenvalue weighted by Gasteiger charge is -2.28. The first-order valence-electron chi connectivity index (χ1n) is 8.02. The molecule has 0 aliphatic rings. The Labute approximate surface area is 164 Å². The highest BCUT2D eigenvalue weighted by Gasteiger charge is 2.31. The summed E-state index contributed by atoms with van der Waals surface area (Å²) in [5.74, 6) is -0.832. The van der Waals surface area contributed by atoms with Crippen molar-refractivity contribution >= 4 is 33.0 Å². The van der Waals surface area contributed by atoms with Crippen molar-refractivity contribution in [2.45, 2.75) is 19.1 Å². The number of hydrogen-bond acceptors (Lipinski definition) is 5. The molecule has 0 heterocycles. The number of nitro benzene ring substituents is 1. The van der Waals surface area contributed by atoms with Crippen LogP contribution in [0.15, 0.2) is 48.5 Å². The van der Waals surface area contributed by atoms with Gasteiger partial charge in [-0.2, -0.15) is 13.2 Å². The van der Waals surface area contributed by atoms with E-state index in [1.807, 2.05) is 0 Å². The maximum atomic E-state index is 12.6. The average molecular weight is 431 g/mol. The van der Waals surface area contributed by atoms with Gasteiger partial charge in [0.05, 0.1) is 22.4 Å². The van der Waals surface area contributed by atoms with Crippen LogP contribution in [0.1, 0.15) is 12.5 Å². The Morgan fingerprint density at radius 3 is 2.24 bits per heavy atom. The van der Waals surface area contributed by atoms with Crippen LogP contribution in [0.3, 0.4) is 0 Å². The predicted molar refractivity (Wildman–Crippen MR) is 100.0 cm³/mol. The van der Waals surface area contributed by atoms with Gasteiger partial charge in [-0.05, 0) is 37.3 Å². The number of sulfonamides is 1. The molecular formula is C17H16F3N3O5S. The third kappa shape index (κ3) is 5.44. The van der Waals surface area contributed by atoms with E-state index in [0.717, 1.165) is 42.7 Å². The molecule has 0 saturated heterocycles. The van der Waals surface area contributed by atoms with Gasteiger partial charge in [-0.25, -0.2) is 8.42 Å². The fraction of sp³-hybridized carbons (Fsp3) is 0.235. The Bertz CT molecular complexity index is 1020. The van der Waals surface area contributed by atoms with Crippen LogP contribution in [0.4, 0.5) is 30.2 Å². The third-order valence-electron chi connectivity index (χ3n) is 3.86. The van der Waals surface area contributed by atoms with Gasteiger partial charge in [0.1, 0.15) is 6.04 Å². The molecule has 0 saturated carbocycles. The Morgan fingerprint density at radius 2 is 1.76 bits per heavy atom. The molecule has 2 aromatic carbocycles. The number of alkyl halides is 3. The summed E-state index contributed by atoms with van der Waals surface area (Å²) in [7, 11) is -4.02. The average Bonchev–Trinajstić information content (AvgIpc) is 2.60. The Balaban J connectivity index is 2.30. The minimum Gasteiger partial charge on any atom is -0.324 e. The number of benzene rings is 2. The molecule has 1 atom stereocenters. The molecule has 29 heavy (non-hydrogen) atoms. The van der Waals surface area contributed by atoms with Gasteiger partial charge in [0, 0.05) is 17.8 Å². The number of nitrogens with one attached hydrogen (secondary N) is 1. The number of carbonyl (C=O) groups is 1. The van der Waals surface area contributed by atoms with Crippen LogP contribution in [-0.4, -0.2) is 31.5 Å². The summed E-state index contributed by atoms with van der Waals surface area (Å²) in [4.78, 5) is 22.7. The van der Waals surface area contributed by atoms with E-state index >= 15 is 0 Å². The standard InChI is InChI=1S/C17H16F3N3O5S/c1-11(16(24)21-13-8-6-12(7-9-13)17(18,19)20)22(29(2,27)28)14-4-3-5-15(10-14)23(25)26/h3-11H,1-2H3,(H,21,24)/t11-/m1/s1. The summed E-state index contributed by atoms with van der Waals surface area (Å²) < 4.78 is 63.0. The van der Waals surface area contributed by atoms with E-state index in [-0.39, 0.29) is 17.1 Å². The Kier molecular flexibility index (Phi) is 6.16. The molecule has 1 amide bonds. The molecule has 0 bridgehead atoms. The van der Waals surface area contributed by atoms with Gasteiger partial charge < -0.3 is 5.32 Å². The summed E-state index contributed by atoms with van der Waals surface area (Å²) in [5.41, 5.74) is -1.34. The molecular weight excluding hydrogens is 415 g/mol. The highest BCUT2D eigenvalue weighted by Crippen LogP contribution is 2.30. The molecule has 2 rings (SSSR count). The van der Waals surface area contributed by atoms with Crippen molar-refractivity contribution < 1.29 is 31.3 Å². The first kappa shape index (κ1) is 22.1. The van der Waals surface area contributed by atoms with Crippen LogP contribution < -0.4 is 9.62 Å². The zero-order valence-corrected chi connectivity index (χ0v) is 16.0. The SMILES string of the molecule is C[C@H](C(=O)Nc1ccc(C(F)(F)F)cc1)N(c1cccc([N+](=O)[O-])c1)S(C)(=O)=O. The Hall–Kier alpha value is -3.15. The molecule has 0 aromatic heterocycles. The van der Waals surface area contributed by atoms with Crippen LogP contribution in [0, 0.1) is 10.1 Å². The fourth-order valence-corrected chi connectivity index (χ4v) is 3.71. The van der Waals surface area contributed by atoms with E-state index in [2.05, 4.69) is 5.32 Å². The van der Waals surface area contributed by atoms with E-state index in [0.29, 0.717) is 4.31 Å². The van der Waals surface area contributed by atoms with Gasteiger partial charge in [-0.3, -0.25) is 19.2 Å². The predicted octanol–water partition coefficient (Wildman–Crippen LogP) is 3.41. The minimum absolute atomic E-state index is 0.0299. The second kappa shape index (κ2) is 8.07. The molecule has 0 aliphatic heterocycles. The minimum atomic E-state index is -4.54. The van der Waals surface area contributed by atoms with Gasteiger partial charge in [0.2, 0.25) is 15.9 Å². The number of rotatable bonds is 6. The maximum Gasteiger partial charge on any atom is 0.416 e. The lowest BCUT2D eigenvalue weighted by atomic mass is 10.2. The van der Waals surface area contributed by atoms with Crippen molar-refractivity contribution in [1.82, 2.24) is 0 Å². The van der Waals surface area contributed by atoms with Crippen molar-refractivity contribution in [2.24, 2.45) is 0 Å². The van der Waals surface area contributed by atoms with E-state index in [4.69, 9.17) is 0 Å². The number of amides is 1. The van der Waals surface area contributed by atoms with E-state index < -0.39 is 38.6 Å². The van der Waals surface area contributed by atoms with Gasteiger partial charge in [0.25, 0.3) is 5.69 Å². The summed E-state index contributed by atoms with van der Waals surface area (Å²) in [5, 5.41) is 13.3. The lowest BCUT2D eigenvalue weighted by Crippen LogP contribution is -2.45. The maximum absolute atomic E-state index is 12.6.